The van der Waals surface area contributed by atoms with Crippen LogP contribution in [0.15, 0.2) is 42.5 Å². The van der Waals surface area contributed by atoms with Crippen molar-refractivity contribution in [2.24, 2.45) is 11.1 Å². The molecule has 0 bridgehead atoms. The molecular formula is C18H19Cl2N. The summed E-state index contributed by atoms with van der Waals surface area (Å²) in [5, 5.41) is 1.21. The number of nitrogens with two attached hydrogens (primary N) is 1. The molecule has 0 aromatic heterocycles. The Hall–Kier alpha value is -1.02. The second kappa shape index (κ2) is 5.31. The lowest BCUT2D eigenvalue weighted by Crippen LogP contribution is -2.36. The molecule has 2 atom stereocenters. The summed E-state index contributed by atoms with van der Waals surface area (Å²) in [6, 6.07) is 14.5. The van der Waals surface area contributed by atoms with Crippen LogP contribution in [0.25, 0.3) is 0 Å². The maximum atomic E-state index is 6.47. The van der Waals surface area contributed by atoms with E-state index in [1.807, 2.05) is 12.1 Å². The molecule has 0 spiro atoms. The summed E-state index contributed by atoms with van der Waals surface area (Å²) in [6.07, 6.45) is 1.00. The van der Waals surface area contributed by atoms with Crippen LogP contribution < -0.4 is 5.73 Å². The van der Waals surface area contributed by atoms with Gasteiger partial charge in [0.1, 0.15) is 0 Å². The van der Waals surface area contributed by atoms with Crippen LogP contribution in [0.1, 0.15) is 48.9 Å². The number of fused-ring (bicyclic) bond motifs is 1. The molecule has 2 unspecified atom stereocenters. The largest absolute Gasteiger partial charge is 0.323 e. The molecule has 21 heavy (non-hydrogen) atoms. The molecule has 2 N–H and O–H groups in total. The highest BCUT2D eigenvalue weighted by Crippen LogP contribution is 2.50. The molecule has 0 fully saturated rings. The summed E-state index contributed by atoms with van der Waals surface area (Å²) in [5.74, 6) is 0.311. The molecule has 2 aromatic carbocycles. The molecule has 0 aliphatic heterocycles. The molecule has 0 saturated carbocycles. The normalized spacial score (nSPS) is 23.7. The van der Waals surface area contributed by atoms with Gasteiger partial charge in [-0.05, 0) is 40.7 Å². The monoisotopic (exact) mass is 319 g/mol. The molecule has 1 nitrogen and oxygen atoms in total. The Labute approximate surface area is 136 Å². The minimum Gasteiger partial charge on any atom is -0.323 e. The van der Waals surface area contributed by atoms with Crippen LogP contribution in [0.5, 0.6) is 0 Å². The third kappa shape index (κ3) is 2.59. The van der Waals surface area contributed by atoms with Gasteiger partial charge in [0, 0.05) is 12.0 Å². The minimum absolute atomic E-state index is 0.0468. The summed E-state index contributed by atoms with van der Waals surface area (Å²) in [6.45, 7) is 4.47. The molecule has 3 rings (SSSR count). The van der Waals surface area contributed by atoms with Crippen molar-refractivity contribution in [3.63, 3.8) is 0 Å². The lowest BCUT2D eigenvalue weighted by atomic mass is 9.64. The molecule has 3 heteroatoms. The van der Waals surface area contributed by atoms with E-state index in [-0.39, 0.29) is 11.5 Å². The zero-order valence-electron chi connectivity index (χ0n) is 12.2. The highest BCUT2D eigenvalue weighted by molar-refractivity contribution is 6.42. The Morgan fingerprint density at radius 3 is 2.33 bits per heavy atom. The highest BCUT2D eigenvalue weighted by atomic mass is 35.5. The Bertz CT molecular complexity index is 679. The van der Waals surface area contributed by atoms with Gasteiger partial charge in [0.25, 0.3) is 0 Å². The van der Waals surface area contributed by atoms with Crippen LogP contribution in [-0.2, 0) is 0 Å². The zero-order chi connectivity index (χ0) is 15.2. The molecule has 0 amide bonds. The first-order valence-corrected chi connectivity index (χ1v) is 7.95. The van der Waals surface area contributed by atoms with E-state index in [2.05, 4.69) is 44.2 Å². The van der Waals surface area contributed by atoms with Crippen molar-refractivity contribution >= 4 is 23.2 Å². The van der Waals surface area contributed by atoms with Gasteiger partial charge in [-0.25, -0.2) is 0 Å². The smallest absolute Gasteiger partial charge is 0.0595 e. The van der Waals surface area contributed by atoms with Gasteiger partial charge in [-0.15, -0.1) is 0 Å². The fourth-order valence-corrected chi connectivity index (χ4v) is 3.63. The number of rotatable bonds is 1. The van der Waals surface area contributed by atoms with Crippen molar-refractivity contribution < 1.29 is 0 Å². The molecular weight excluding hydrogens is 301 g/mol. The standard InChI is InChI=1S/C18H19Cl2N/c1-18(2)10-14(11-7-8-15(19)16(20)9-11)12-5-3-4-6-13(12)17(18)21/h3-9,14,17H,10,21H2,1-2H3. The van der Waals surface area contributed by atoms with Crippen LogP contribution in [0.3, 0.4) is 0 Å². The Morgan fingerprint density at radius 2 is 1.67 bits per heavy atom. The maximum Gasteiger partial charge on any atom is 0.0595 e. The Balaban J connectivity index is 2.14. The van der Waals surface area contributed by atoms with Crippen LogP contribution in [0.4, 0.5) is 0 Å². The quantitative estimate of drug-likeness (QED) is 0.732. The molecule has 0 heterocycles. The summed E-state index contributed by atoms with van der Waals surface area (Å²) >= 11 is 12.3. The third-order valence-electron chi connectivity index (χ3n) is 4.62. The van der Waals surface area contributed by atoms with Gasteiger partial charge < -0.3 is 5.73 Å². The van der Waals surface area contributed by atoms with Crippen LogP contribution in [0.2, 0.25) is 10.0 Å². The molecule has 2 aromatic rings. The summed E-state index contributed by atoms with van der Waals surface area (Å²) < 4.78 is 0. The van der Waals surface area contributed by atoms with Gasteiger partial charge in [0.15, 0.2) is 0 Å². The number of benzene rings is 2. The molecule has 110 valence electrons. The minimum atomic E-state index is 0.0468. The topological polar surface area (TPSA) is 26.0 Å². The van der Waals surface area contributed by atoms with Crippen molar-refractivity contribution in [2.75, 3.05) is 0 Å². The fourth-order valence-electron chi connectivity index (χ4n) is 3.32. The average molecular weight is 320 g/mol. The number of halogens is 2. The van der Waals surface area contributed by atoms with E-state index in [0.717, 1.165) is 6.42 Å². The van der Waals surface area contributed by atoms with Gasteiger partial charge in [-0.1, -0.05) is 67.4 Å². The van der Waals surface area contributed by atoms with E-state index in [0.29, 0.717) is 16.0 Å². The van der Waals surface area contributed by atoms with Crippen molar-refractivity contribution in [2.45, 2.75) is 32.2 Å². The second-order valence-electron chi connectivity index (χ2n) is 6.53. The average Bonchev–Trinajstić information content (AvgIpc) is 2.46. The SMILES string of the molecule is CC1(C)CC(c2ccc(Cl)c(Cl)c2)c2ccccc2C1N. The summed E-state index contributed by atoms with van der Waals surface area (Å²) in [7, 11) is 0. The van der Waals surface area contributed by atoms with Gasteiger partial charge in [-0.2, -0.15) is 0 Å². The van der Waals surface area contributed by atoms with E-state index in [1.165, 1.54) is 16.7 Å². The van der Waals surface area contributed by atoms with E-state index in [4.69, 9.17) is 28.9 Å². The first-order chi connectivity index (χ1) is 9.90. The fraction of sp³-hybridized carbons (Fsp3) is 0.333. The Kier molecular flexibility index (Phi) is 3.77. The molecule has 1 aliphatic carbocycles. The van der Waals surface area contributed by atoms with E-state index in [9.17, 15) is 0 Å². The second-order valence-corrected chi connectivity index (χ2v) is 7.34. The molecule has 0 saturated heterocycles. The first kappa shape index (κ1) is 14.9. The summed E-state index contributed by atoms with van der Waals surface area (Å²) in [4.78, 5) is 0. The van der Waals surface area contributed by atoms with Crippen LogP contribution >= 0.6 is 23.2 Å². The summed E-state index contributed by atoms with van der Waals surface area (Å²) in [5.41, 5.74) is 10.3. The zero-order valence-corrected chi connectivity index (χ0v) is 13.7. The van der Waals surface area contributed by atoms with Crippen LogP contribution in [0, 0.1) is 5.41 Å². The van der Waals surface area contributed by atoms with E-state index >= 15 is 0 Å². The van der Waals surface area contributed by atoms with E-state index < -0.39 is 0 Å². The van der Waals surface area contributed by atoms with Gasteiger partial charge in [-0.3, -0.25) is 0 Å². The lowest BCUT2D eigenvalue weighted by Gasteiger charge is -2.42. The Morgan fingerprint density at radius 1 is 1.00 bits per heavy atom. The van der Waals surface area contributed by atoms with Crippen molar-refractivity contribution in [3.05, 3.63) is 69.2 Å². The predicted octanol–water partition coefficient (Wildman–Crippen LogP) is 5.56. The van der Waals surface area contributed by atoms with Gasteiger partial charge >= 0.3 is 0 Å². The van der Waals surface area contributed by atoms with Crippen molar-refractivity contribution in [1.82, 2.24) is 0 Å². The van der Waals surface area contributed by atoms with E-state index in [1.54, 1.807) is 0 Å². The number of hydrogen-bond donors (Lipinski definition) is 1. The predicted molar refractivity (Wildman–Crippen MR) is 90.1 cm³/mol. The molecule has 1 aliphatic rings. The maximum absolute atomic E-state index is 6.47. The van der Waals surface area contributed by atoms with Gasteiger partial charge in [0.05, 0.1) is 10.0 Å². The molecule has 0 radical (unpaired) electrons. The van der Waals surface area contributed by atoms with Crippen molar-refractivity contribution in [3.8, 4) is 0 Å². The van der Waals surface area contributed by atoms with Crippen LogP contribution in [-0.4, -0.2) is 0 Å². The third-order valence-corrected chi connectivity index (χ3v) is 5.36. The first-order valence-electron chi connectivity index (χ1n) is 7.19. The van der Waals surface area contributed by atoms with Crippen molar-refractivity contribution in [1.29, 1.82) is 0 Å². The van der Waals surface area contributed by atoms with Gasteiger partial charge in [0.2, 0.25) is 0 Å². The number of hydrogen-bond acceptors (Lipinski definition) is 1. The highest BCUT2D eigenvalue weighted by Gasteiger charge is 2.38. The lowest BCUT2D eigenvalue weighted by molar-refractivity contribution is 0.234.